The quantitative estimate of drug-likeness (QED) is 0.338. The molecule has 0 aliphatic rings. The van der Waals surface area contributed by atoms with Gasteiger partial charge in [0.1, 0.15) is 30.5 Å². The lowest BCUT2D eigenvalue weighted by molar-refractivity contribution is -0.119. The Morgan fingerprint density at radius 1 is 0.889 bits per heavy atom. The van der Waals surface area contributed by atoms with Crippen LogP contribution in [-0.2, 0) is 21.2 Å². The average molecular weight is 515 g/mol. The Hall–Kier alpha value is -3.59. The fourth-order valence-electron chi connectivity index (χ4n) is 3.51. The van der Waals surface area contributed by atoms with E-state index < -0.39 is 28.3 Å². The highest BCUT2D eigenvalue weighted by Crippen LogP contribution is 2.25. The molecule has 0 heterocycles. The zero-order valence-corrected chi connectivity index (χ0v) is 21.3. The van der Waals surface area contributed by atoms with Crippen molar-refractivity contribution in [2.45, 2.75) is 31.6 Å². The van der Waals surface area contributed by atoms with Gasteiger partial charge in [-0.1, -0.05) is 25.5 Å². The smallest absolute Gasteiger partial charge is 0.264 e. The summed E-state index contributed by atoms with van der Waals surface area (Å²) >= 11 is 0. The summed E-state index contributed by atoms with van der Waals surface area (Å²) in [4.78, 5) is 12.7. The Kier molecular flexibility index (Phi) is 9.69. The number of carbonyl (C=O) groups excluding carboxylic acids is 1. The summed E-state index contributed by atoms with van der Waals surface area (Å²) in [5.41, 5.74) is 1.40. The van der Waals surface area contributed by atoms with Gasteiger partial charge in [0.2, 0.25) is 5.91 Å². The molecule has 9 heteroatoms. The number of carbonyl (C=O) groups is 1. The predicted molar refractivity (Wildman–Crippen MR) is 137 cm³/mol. The van der Waals surface area contributed by atoms with Crippen molar-refractivity contribution in [3.63, 3.8) is 0 Å². The molecule has 0 atom stereocenters. The van der Waals surface area contributed by atoms with Gasteiger partial charge in [0.05, 0.1) is 23.7 Å². The molecule has 1 amide bonds. The second-order valence-electron chi connectivity index (χ2n) is 7.98. The summed E-state index contributed by atoms with van der Waals surface area (Å²) in [6.45, 7) is 4.33. The zero-order chi connectivity index (χ0) is 26.0. The number of sulfonamides is 1. The van der Waals surface area contributed by atoms with E-state index in [2.05, 4.69) is 12.2 Å². The number of aryl methyl sites for hydroxylation is 1. The highest BCUT2D eigenvalue weighted by molar-refractivity contribution is 7.92. The molecule has 0 aliphatic heterocycles. The first-order chi connectivity index (χ1) is 17.3. The van der Waals surface area contributed by atoms with Gasteiger partial charge in [0.25, 0.3) is 10.0 Å². The number of hydrogen-bond acceptors (Lipinski definition) is 5. The van der Waals surface area contributed by atoms with Gasteiger partial charge in [0.15, 0.2) is 0 Å². The molecule has 1 N–H and O–H groups in total. The Labute approximate surface area is 211 Å². The van der Waals surface area contributed by atoms with Gasteiger partial charge in [-0.15, -0.1) is 0 Å². The number of anilines is 1. The molecule has 0 unspecified atom stereocenters. The van der Waals surface area contributed by atoms with Crippen LogP contribution in [0.25, 0.3) is 0 Å². The lowest BCUT2D eigenvalue weighted by Crippen LogP contribution is -2.41. The number of ether oxygens (including phenoxy) is 2. The number of nitrogens with zero attached hydrogens (tertiary/aromatic N) is 1. The molecule has 0 bridgehead atoms. The van der Waals surface area contributed by atoms with Crippen molar-refractivity contribution in [1.82, 2.24) is 5.32 Å². The number of nitrogens with one attached hydrogen (secondary N) is 1. The first-order valence-electron chi connectivity index (χ1n) is 11.8. The first kappa shape index (κ1) is 27.0. The Bertz CT molecular complexity index is 1210. The topological polar surface area (TPSA) is 84.9 Å². The van der Waals surface area contributed by atoms with Crippen molar-refractivity contribution in [3.8, 4) is 11.5 Å². The number of halogens is 1. The van der Waals surface area contributed by atoms with E-state index >= 15 is 0 Å². The summed E-state index contributed by atoms with van der Waals surface area (Å²) in [6, 6.07) is 18.6. The molecule has 3 aromatic rings. The summed E-state index contributed by atoms with van der Waals surface area (Å²) in [5.74, 6) is 0.190. The number of benzene rings is 3. The monoisotopic (exact) mass is 514 g/mol. The van der Waals surface area contributed by atoms with Gasteiger partial charge in [-0.05, 0) is 79.6 Å². The zero-order valence-electron chi connectivity index (χ0n) is 20.4. The molecule has 36 heavy (non-hydrogen) atoms. The highest BCUT2D eigenvalue weighted by atomic mass is 32.2. The summed E-state index contributed by atoms with van der Waals surface area (Å²) < 4.78 is 52.3. The van der Waals surface area contributed by atoms with Crippen LogP contribution in [0.2, 0.25) is 0 Å². The number of amides is 1. The van der Waals surface area contributed by atoms with E-state index in [1.54, 1.807) is 12.1 Å². The van der Waals surface area contributed by atoms with Crippen molar-refractivity contribution in [2.75, 3.05) is 30.6 Å². The van der Waals surface area contributed by atoms with Crippen LogP contribution < -0.4 is 19.1 Å². The van der Waals surface area contributed by atoms with Crippen molar-refractivity contribution in [1.29, 1.82) is 0 Å². The summed E-state index contributed by atoms with van der Waals surface area (Å²) in [7, 11) is -4.11. The highest BCUT2D eigenvalue weighted by Gasteiger charge is 2.27. The van der Waals surface area contributed by atoms with Gasteiger partial charge >= 0.3 is 0 Å². The molecule has 7 nitrogen and oxygen atoms in total. The van der Waals surface area contributed by atoms with Crippen molar-refractivity contribution < 1.29 is 27.1 Å². The van der Waals surface area contributed by atoms with Gasteiger partial charge in [-0.25, -0.2) is 12.8 Å². The molecular formula is C27H31FN2O5S. The van der Waals surface area contributed by atoms with Crippen LogP contribution in [0.3, 0.4) is 0 Å². The van der Waals surface area contributed by atoms with Gasteiger partial charge in [-0.3, -0.25) is 9.10 Å². The maximum absolute atomic E-state index is 13.5. The van der Waals surface area contributed by atoms with Crippen LogP contribution in [0.1, 0.15) is 25.8 Å². The fourth-order valence-corrected chi connectivity index (χ4v) is 4.93. The molecule has 192 valence electrons. The minimum absolute atomic E-state index is 0.0158. The van der Waals surface area contributed by atoms with Gasteiger partial charge < -0.3 is 14.8 Å². The molecule has 0 aliphatic carbocycles. The van der Waals surface area contributed by atoms with E-state index in [9.17, 15) is 17.6 Å². The number of hydrogen-bond donors (Lipinski definition) is 1. The van der Waals surface area contributed by atoms with E-state index in [1.807, 2.05) is 31.2 Å². The standard InChI is InChI=1S/C27H31FN2O5S/c1-3-5-21-6-12-25(13-7-21)35-19-18-29-27(31)20-30(23-10-8-22(28)9-11-23)36(32,33)26-16-14-24(15-17-26)34-4-2/h6-17H,3-5,18-20H2,1-2H3,(H,29,31). The molecule has 0 saturated heterocycles. The van der Waals surface area contributed by atoms with Gasteiger partial charge in [-0.2, -0.15) is 0 Å². The third-order valence-electron chi connectivity index (χ3n) is 5.28. The second kappa shape index (κ2) is 12.9. The molecule has 0 fully saturated rings. The molecule has 0 saturated carbocycles. The van der Waals surface area contributed by atoms with E-state index in [0.29, 0.717) is 18.1 Å². The number of rotatable bonds is 13. The largest absolute Gasteiger partial charge is 0.494 e. The molecule has 3 rings (SSSR count). The SMILES string of the molecule is CCCc1ccc(OCCNC(=O)CN(c2ccc(F)cc2)S(=O)(=O)c2ccc(OCC)cc2)cc1. The normalized spacial score (nSPS) is 11.1. The van der Waals surface area contributed by atoms with Crippen LogP contribution in [0.15, 0.2) is 77.7 Å². The van der Waals surface area contributed by atoms with Crippen LogP contribution >= 0.6 is 0 Å². The van der Waals surface area contributed by atoms with Gasteiger partial charge in [0, 0.05) is 0 Å². The minimum atomic E-state index is -4.11. The van der Waals surface area contributed by atoms with E-state index in [0.717, 1.165) is 29.3 Å². The third kappa shape index (κ3) is 7.45. The van der Waals surface area contributed by atoms with Crippen LogP contribution in [0.4, 0.5) is 10.1 Å². The first-order valence-corrected chi connectivity index (χ1v) is 13.3. The fraction of sp³-hybridized carbons (Fsp3) is 0.296. The van der Waals surface area contributed by atoms with Crippen molar-refractivity contribution in [3.05, 3.63) is 84.2 Å². The van der Waals surface area contributed by atoms with E-state index in [-0.39, 0.29) is 23.7 Å². The summed E-state index contributed by atoms with van der Waals surface area (Å²) in [5, 5.41) is 2.68. The third-order valence-corrected chi connectivity index (χ3v) is 7.07. The lowest BCUT2D eigenvalue weighted by atomic mass is 10.1. The Balaban J connectivity index is 1.66. The molecule has 0 aromatic heterocycles. The van der Waals surface area contributed by atoms with Crippen LogP contribution in [-0.4, -0.2) is 40.6 Å². The lowest BCUT2D eigenvalue weighted by Gasteiger charge is -2.24. The Morgan fingerprint density at radius 3 is 2.11 bits per heavy atom. The average Bonchev–Trinajstić information content (AvgIpc) is 2.87. The van der Waals surface area contributed by atoms with Crippen molar-refractivity contribution >= 4 is 21.6 Å². The van der Waals surface area contributed by atoms with Crippen LogP contribution in [0.5, 0.6) is 11.5 Å². The maximum Gasteiger partial charge on any atom is 0.264 e. The van der Waals surface area contributed by atoms with E-state index in [1.165, 1.54) is 29.8 Å². The molecule has 0 radical (unpaired) electrons. The Morgan fingerprint density at radius 2 is 1.50 bits per heavy atom. The van der Waals surface area contributed by atoms with Crippen LogP contribution in [0, 0.1) is 5.82 Å². The molecule has 0 spiro atoms. The molecule has 3 aromatic carbocycles. The van der Waals surface area contributed by atoms with E-state index in [4.69, 9.17) is 9.47 Å². The molecular weight excluding hydrogens is 483 g/mol. The van der Waals surface area contributed by atoms with Crippen molar-refractivity contribution in [2.24, 2.45) is 0 Å². The minimum Gasteiger partial charge on any atom is -0.494 e. The summed E-state index contributed by atoms with van der Waals surface area (Å²) in [6.07, 6.45) is 2.07. The second-order valence-corrected chi connectivity index (χ2v) is 9.85. The maximum atomic E-state index is 13.5. The predicted octanol–water partition coefficient (Wildman–Crippen LogP) is 4.57.